The van der Waals surface area contributed by atoms with Gasteiger partial charge in [-0.25, -0.2) is 0 Å². The number of carbonyl (C=O) groups excluding carboxylic acids is 1. The number of benzene rings is 1. The molecule has 100 valence electrons. The van der Waals surface area contributed by atoms with Gasteiger partial charge in [0, 0.05) is 17.8 Å². The predicted molar refractivity (Wildman–Crippen MR) is 78.4 cm³/mol. The number of amides is 1. The molecule has 0 unspecified atom stereocenters. The van der Waals surface area contributed by atoms with Crippen LogP contribution in [-0.2, 0) is 11.3 Å². The molecule has 1 aromatic carbocycles. The Morgan fingerprint density at radius 1 is 1.05 bits per heavy atom. The van der Waals surface area contributed by atoms with Gasteiger partial charge in [0.1, 0.15) is 0 Å². The average molecular weight is 278 g/mol. The Bertz CT molecular complexity index is 535. The highest BCUT2D eigenvalue weighted by molar-refractivity contribution is 5.91. The number of aryl methyl sites for hydroxylation is 2. The number of nitrogens with one attached hydrogen (secondary N) is 1. The molecule has 19 heavy (non-hydrogen) atoms. The molecule has 3 nitrogen and oxygen atoms in total. The first-order valence-electron chi connectivity index (χ1n) is 5.97. The van der Waals surface area contributed by atoms with Crippen molar-refractivity contribution in [2.75, 3.05) is 5.32 Å². The lowest BCUT2D eigenvalue weighted by Crippen LogP contribution is -2.39. The smallest absolute Gasteiger partial charge is 0.290 e. The summed E-state index contributed by atoms with van der Waals surface area (Å²) in [6.45, 7) is 4.32. The van der Waals surface area contributed by atoms with E-state index in [4.69, 9.17) is 0 Å². The maximum Gasteiger partial charge on any atom is 0.290 e. The summed E-state index contributed by atoms with van der Waals surface area (Å²) >= 11 is 0. The van der Waals surface area contributed by atoms with Crippen molar-refractivity contribution >= 4 is 24.0 Å². The van der Waals surface area contributed by atoms with Gasteiger partial charge >= 0.3 is 0 Å². The lowest BCUT2D eigenvalue weighted by atomic mass is 10.1. The lowest BCUT2D eigenvalue weighted by Gasteiger charge is -2.09. The standard InChI is InChI=1S/C15H16N2O.ClH/c1-12-7-6-8-13(2)15(12)16-14(18)11-17-9-4-3-5-10-17;/h3-10H,11H2,1-2H3;1H/p+1. The monoisotopic (exact) mass is 277 g/mol. The molecule has 0 atom stereocenters. The molecule has 0 fully saturated rings. The summed E-state index contributed by atoms with van der Waals surface area (Å²) in [5.41, 5.74) is 3.09. The van der Waals surface area contributed by atoms with Gasteiger partial charge in [-0.3, -0.25) is 4.79 Å². The van der Waals surface area contributed by atoms with E-state index in [1.165, 1.54) is 0 Å². The van der Waals surface area contributed by atoms with Crippen LogP contribution in [-0.4, -0.2) is 5.91 Å². The average Bonchev–Trinajstić information content (AvgIpc) is 2.35. The van der Waals surface area contributed by atoms with Gasteiger partial charge in [-0.2, -0.15) is 4.57 Å². The first-order chi connectivity index (χ1) is 8.66. The summed E-state index contributed by atoms with van der Waals surface area (Å²) in [5, 5.41) is 2.97. The van der Waals surface area contributed by atoms with Crippen molar-refractivity contribution in [1.29, 1.82) is 0 Å². The van der Waals surface area contributed by atoms with Crippen molar-refractivity contribution in [3.63, 3.8) is 0 Å². The summed E-state index contributed by atoms with van der Waals surface area (Å²) in [4.78, 5) is 12.0. The van der Waals surface area contributed by atoms with Crippen LogP contribution in [0.2, 0.25) is 0 Å². The normalized spacial score (nSPS) is 9.58. The number of halogens is 1. The minimum Gasteiger partial charge on any atom is -0.320 e. The van der Waals surface area contributed by atoms with Crippen LogP contribution >= 0.6 is 12.4 Å². The number of nitrogens with zero attached hydrogens (tertiary/aromatic N) is 1. The Morgan fingerprint density at radius 3 is 2.21 bits per heavy atom. The first kappa shape index (κ1) is 15.2. The molecular formula is C15H18ClN2O+. The molecule has 0 saturated carbocycles. The van der Waals surface area contributed by atoms with E-state index in [0.29, 0.717) is 6.54 Å². The van der Waals surface area contributed by atoms with Crippen LogP contribution in [0.25, 0.3) is 0 Å². The molecule has 1 amide bonds. The molecule has 1 aromatic heterocycles. The molecule has 1 heterocycles. The first-order valence-corrected chi connectivity index (χ1v) is 5.97. The van der Waals surface area contributed by atoms with Gasteiger partial charge in [0.2, 0.25) is 6.54 Å². The number of aromatic nitrogens is 1. The summed E-state index contributed by atoms with van der Waals surface area (Å²) in [5.74, 6) is -0.0106. The summed E-state index contributed by atoms with van der Waals surface area (Å²) in [6.07, 6.45) is 3.76. The van der Waals surface area contributed by atoms with Gasteiger partial charge in [0.05, 0.1) is 0 Å². The quantitative estimate of drug-likeness (QED) is 0.860. The molecule has 0 aliphatic heterocycles. The number of carbonyl (C=O) groups is 1. The van der Waals surface area contributed by atoms with E-state index >= 15 is 0 Å². The minimum absolute atomic E-state index is 0. The van der Waals surface area contributed by atoms with E-state index in [9.17, 15) is 4.79 Å². The number of hydrogen-bond acceptors (Lipinski definition) is 1. The highest BCUT2D eigenvalue weighted by Crippen LogP contribution is 2.18. The molecule has 0 aliphatic carbocycles. The topological polar surface area (TPSA) is 33.0 Å². The van der Waals surface area contributed by atoms with Gasteiger partial charge in [-0.15, -0.1) is 12.4 Å². The van der Waals surface area contributed by atoms with E-state index in [2.05, 4.69) is 5.32 Å². The molecule has 0 bridgehead atoms. The molecule has 0 saturated heterocycles. The fourth-order valence-electron chi connectivity index (χ4n) is 1.90. The second-order valence-electron chi connectivity index (χ2n) is 4.36. The molecule has 2 rings (SSSR count). The maximum atomic E-state index is 12.0. The number of rotatable bonds is 3. The molecular weight excluding hydrogens is 260 g/mol. The zero-order valence-corrected chi connectivity index (χ0v) is 11.9. The highest BCUT2D eigenvalue weighted by Gasteiger charge is 2.11. The second-order valence-corrected chi connectivity index (χ2v) is 4.36. The molecule has 1 N–H and O–H groups in total. The van der Waals surface area contributed by atoms with Gasteiger partial charge in [0.15, 0.2) is 12.4 Å². The van der Waals surface area contributed by atoms with Crippen LogP contribution in [0, 0.1) is 13.8 Å². The van der Waals surface area contributed by atoms with E-state index in [-0.39, 0.29) is 18.3 Å². The van der Waals surface area contributed by atoms with Crippen molar-refractivity contribution in [2.24, 2.45) is 0 Å². The number of pyridine rings is 1. The number of anilines is 1. The fraction of sp³-hybridized carbons (Fsp3) is 0.200. The van der Waals surface area contributed by atoms with Crippen molar-refractivity contribution < 1.29 is 9.36 Å². The number of para-hydroxylation sites is 1. The molecule has 2 aromatic rings. The third-order valence-electron chi connectivity index (χ3n) is 2.85. The van der Waals surface area contributed by atoms with Gasteiger partial charge < -0.3 is 5.32 Å². The van der Waals surface area contributed by atoms with Gasteiger partial charge in [0.25, 0.3) is 5.91 Å². The Hall–Kier alpha value is -1.87. The minimum atomic E-state index is -0.0106. The van der Waals surface area contributed by atoms with Crippen LogP contribution in [0.5, 0.6) is 0 Å². The van der Waals surface area contributed by atoms with Crippen LogP contribution in [0.1, 0.15) is 11.1 Å². The summed E-state index contributed by atoms with van der Waals surface area (Å²) < 4.78 is 1.85. The summed E-state index contributed by atoms with van der Waals surface area (Å²) in [6, 6.07) is 11.7. The largest absolute Gasteiger partial charge is 0.320 e. The predicted octanol–water partition coefficient (Wildman–Crippen LogP) is 2.65. The third kappa shape index (κ3) is 4.07. The number of hydrogen-bond donors (Lipinski definition) is 1. The second kappa shape index (κ2) is 6.90. The SMILES string of the molecule is Cc1cccc(C)c1NC(=O)C[n+]1ccccc1.Cl. The molecule has 4 heteroatoms. The Morgan fingerprint density at radius 2 is 1.63 bits per heavy atom. The fourth-order valence-corrected chi connectivity index (χ4v) is 1.90. The van der Waals surface area contributed by atoms with Crippen molar-refractivity contribution in [3.05, 3.63) is 59.9 Å². The van der Waals surface area contributed by atoms with Gasteiger partial charge in [-0.1, -0.05) is 24.3 Å². The van der Waals surface area contributed by atoms with Crippen molar-refractivity contribution in [2.45, 2.75) is 20.4 Å². The molecule has 0 aliphatic rings. The van der Waals surface area contributed by atoms with E-state index < -0.39 is 0 Å². The van der Waals surface area contributed by atoms with Gasteiger partial charge in [-0.05, 0) is 25.0 Å². The Kier molecular flexibility index (Phi) is 5.52. The van der Waals surface area contributed by atoms with Crippen molar-refractivity contribution in [1.82, 2.24) is 0 Å². The zero-order chi connectivity index (χ0) is 13.0. The Balaban J connectivity index is 0.00000180. The maximum absolute atomic E-state index is 12.0. The van der Waals surface area contributed by atoms with Crippen LogP contribution in [0.15, 0.2) is 48.8 Å². The van der Waals surface area contributed by atoms with Crippen LogP contribution < -0.4 is 9.88 Å². The Labute approximate surface area is 119 Å². The van der Waals surface area contributed by atoms with E-state index in [1.54, 1.807) is 0 Å². The van der Waals surface area contributed by atoms with Crippen molar-refractivity contribution in [3.8, 4) is 0 Å². The lowest BCUT2D eigenvalue weighted by molar-refractivity contribution is -0.684. The summed E-state index contributed by atoms with van der Waals surface area (Å²) in [7, 11) is 0. The molecule has 0 spiro atoms. The zero-order valence-electron chi connectivity index (χ0n) is 11.1. The van der Waals surface area contributed by atoms with E-state index in [1.807, 2.05) is 67.2 Å². The van der Waals surface area contributed by atoms with Crippen LogP contribution in [0.3, 0.4) is 0 Å². The third-order valence-corrected chi connectivity index (χ3v) is 2.85. The van der Waals surface area contributed by atoms with E-state index in [0.717, 1.165) is 16.8 Å². The van der Waals surface area contributed by atoms with Crippen LogP contribution in [0.4, 0.5) is 5.69 Å². The highest BCUT2D eigenvalue weighted by atomic mass is 35.5. The molecule has 0 radical (unpaired) electrons.